The Labute approximate surface area is 184 Å². The van der Waals surface area contributed by atoms with Crippen LogP contribution in [0.1, 0.15) is 24.7 Å². The lowest BCUT2D eigenvalue weighted by molar-refractivity contribution is -0.144. The van der Waals surface area contributed by atoms with Crippen molar-refractivity contribution in [2.45, 2.75) is 32.0 Å². The van der Waals surface area contributed by atoms with Crippen LogP contribution in [0, 0.1) is 0 Å². The lowest BCUT2D eigenvalue weighted by Gasteiger charge is -2.21. The molecule has 6 nitrogen and oxygen atoms in total. The molecule has 2 aromatic rings. The maximum absolute atomic E-state index is 5.65. The molecule has 0 amide bonds. The Balaban J connectivity index is 0.00000280. The molecular weight excluding hydrogens is 469 g/mol. The van der Waals surface area contributed by atoms with Gasteiger partial charge in [-0.25, -0.2) is 0 Å². The molecule has 2 N–H and O–H groups in total. The minimum Gasteiger partial charge on any atom is -0.469 e. The monoisotopic (exact) mass is 499 g/mol. The molecule has 1 aromatic heterocycles. The van der Waals surface area contributed by atoms with Crippen molar-refractivity contribution in [1.82, 2.24) is 10.6 Å². The van der Waals surface area contributed by atoms with E-state index in [0.29, 0.717) is 19.8 Å². The van der Waals surface area contributed by atoms with Crippen LogP contribution in [0.15, 0.2) is 58.1 Å². The summed E-state index contributed by atoms with van der Waals surface area (Å²) < 4.78 is 16.7. The van der Waals surface area contributed by atoms with Crippen LogP contribution in [0.25, 0.3) is 0 Å². The van der Waals surface area contributed by atoms with E-state index in [9.17, 15) is 0 Å². The average Bonchev–Trinajstić information content (AvgIpc) is 3.34. The molecule has 3 rings (SSSR count). The highest BCUT2D eigenvalue weighted by molar-refractivity contribution is 14.0. The van der Waals surface area contributed by atoms with Crippen molar-refractivity contribution in [3.05, 3.63) is 60.1 Å². The number of hydrogen-bond acceptors (Lipinski definition) is 4. The van der Waals surface area contributed by atoms with E-state index in [0.717, 1.165) is 44.1 Å². The van der Waals surface area contributed by atoms with Crippen LogP contribution in [0.3, 0.4) is 0 Å². The van der Waals surface area contributed by atoms with E-state index >= 15 is 0 Å². The first-order chi connectivity index (χ1) is 13.2. The zero-order chi connectivity index (χ0) is 18.8. The average molecular weight is 499 g/mol. The lowest BCUT2D eigenvalue weighted by atomic mass is 10.1. The van der Waals surface area contributed by atoms with E-state index in [1.165, 1.54) is 5.56 Å². The fraction of sp³-hybridized carbons (Fsp3) is 0.476. The van der Waals surface area contributed by atoms with Crippen LogP contribution >= 0.6 is 24.0 Å². The highest BCUT2D eigenvalue weighted by Crippen LogP contribution is 2.22. The second kappa shape index (κ2) is 12.1. The van der Waals surface area contributed by atoms with Crippen LogP contribution in [0.5, 0.6) is 0 Å². The zero-order valence-electron chi connectivity index (χ0n) is 16.4. The van der Waals surface area contributed by atoms with Gasteiger partial charge in [0.1, 0.15) is 5.76 Å². The summed E-state index contributed by atoms with van der Waals surface area (Å²) >= 11 is 0. The van der Waals surface area contributed by atoms with Gasteiger partial charge in [0.25, 0.3) is 0 Å². The third-order valence-corrected chi connectivity index (χ3v) is 4.53. The maximum Gasteiger partial charge on any atom is 0.191 e. The minimum atomic E-state index is -0.507. The zero-order valence-corrected chi connectivity index (χ0v) is 18.7. The summed E-state index contributed by atoms with van der Waals surface area (Å²) in [5, 5.41) is 6.79. The molecule has 0 unspecified atom stereocenters. The number of ether oxygens (including phenoxy) is 2. The van der Waals surface area contributed by atoms with E-state index in [1.54, 1.807) is 6.26 Å². The summed E-state index contributed by atoms with van der Waals surface area (Å²) in [4.78, 5) is 4.69. The lowest BCUT2D eigenvalue weighted by Crippen LogP contribution is -2.40. The highest BCUT2D eigenvalue weighted by Gasteiger charge is 2.30. The summed E-state index contributed by atoms with van der Waals surface area (Å²) in [6.07, 6.45) is 4.20. The van der Waals surface area contributed by atoms with Crippen molar-refractivity contribution in [3.63, 3.8) is 0 Å². The number of aliphatic imine (C=N–C) groups is 1. The molecule has 0 aliphatic carbocycles. The molecule has 1 aliphatic heterocycles. The van der Waals surface area contributed by atoms with Crippen molar-refractivity contribution < 1.29 is 13.9 Å². The first kappa shape index (κ1) is 22.7. The molecule has 154 valence electrons. The standard InChI is InChI=1S/C21H29N3O3.HI/c1-21(26-16-17-27-21)11-14-24-20(23-13-10-19-8-5-15-25-19)22-12-9-18-6-3-2-4-7-18;/h2-8,15H,9-14,16-17H2,1H3,(H2,22,23,24);1H. The Kier molecular flexibility index (Phi) is 9.80. The van der Waals surface area contributed by atoms with Gasteiger partial charge in [0, 0.05) is 32.5 Å². The molecule has 1 aliphatic rings. The number of nitrogens with one attached hydrogen (secondary N) is 2. The van der Waals surface area contributed by atoms with Gasteiger partial charge in [0.15, 0.2) is 11.7 Å². The van der Waals surface area contributed by atoms with E-state index in [1.807, 2.05) is 25.1 Å². The third kappa shape index (κ3) is 7.81. The van der Waals surface area contributed by atoms with Crippen molar-refractivity contribution in [1.29, 1.82) is 0 Å². The molecule has 1 fully saturated rings. The van der Waals surface area contributed by atoms with E-state index < -0.39 is 5.79 Å². The predicted molar refractivity (Wildman–Crippen MR) is 121 cm³/mol. The maximum atomic E-state index is 5.65. The SMILES string of the molecule is CC1(CCN=C(NCCc2ccccc2)NCCc2ccco2)OCCO1.I. The normalized spacial score (nSPS) is 15.8. The quantitative estimate of drug-likeness (QED) is 0.315. The number of halogens is 1. The Morgan fingerprint density at radius 3 is 2.39 bits per heavy atom. The number of furan rings is 1. The van der Waals surface area contributed by atoms with E-state index in [-0.39, 0.29) is 24.0 Å². The molecule has 7 heteroatoms. The van der Waals surface area contributed by atoms with Gasteiger partial charge in [0.05, 0.1) is 19.5 Å². The van der Waals surface area contributed by atoms with Crippen LogP contribution in [-0.2, 0) is 22.3 Å². The van der Waals surface area contributed by atoms with Gasteiger partial charge >= 0.3 is 0 Å². The van der Waals surface area contributed by atoms with E-state index in [4.69, 9.17) is 13.9 Å². The number of benzene rings is 1. The van der Waals surface area contributed by atoms with Gasteiger partial charge < -0.3 is 24.5 Å². The Hall–Kier alpha value is -1.58. The molecule has 0 saturated carbocycles. The number of hydrogen-bond donors (Lipinski definition) is 2. The van der Waals surface area contributed by atoms with Crippen LogP contribution in [0.2, 0.25) is 0 Å². The molecule has 0 atom stereocenters. The molecule has 0 spiro atoms. The summed E-state index contributed by atoms with van der Waals surface area (Å²) in [6, 6.07) is 14.3. The van der Waals surface area contributed by atoms with Gasteiger partial charge in [-0.2, -0.15) is 0 Å². The molecule has 2 heterocycles. The summed E-state index contributed by atoms with van der Waals surface area (Å²) in [5.74, 6) is 1.26. The molecule has 28 heavy (non-hydrogen) atoms. The molecule has 0 radical (unpaired) electrons. The fourth-order valence-corrected chi connectivity index (χ4v) is 2.98. The minimum absolute atomic E-state index is 0. The Bertz CT molecular complexity index is 686. The summed E-state index contributed by atoms with van der Waals surface area (Å²) in [5.41, 5.74) is 1.31. The van der Waals surface area contributed by atoms with Crippen molar-refractivity contribution in [3.8, 4) is 0 Å². The van der Waals surface area contributed by atoms with Crippen molar-refractivity contribution >= 4 is 29.9 Å². The van der Waals surface area contributed by atoms with Crippen molar-refractivity contribution in [2.75, 3.05) is 32.8 Å². The van der Waals surface area contributed by atoms with Gasteiger partial charge in [-0.15, -0.1) is 24.0 Å². The fourth-order valence-electron chi connectivity index (χ4n) is 2.98. The highest BCUT2D eigenvalue weighted by atomic mass is 127. The first-order valence-corrected chi connectivity index (χ1v) is 9.60. The second-order valence-electron chi connectivity index (χ2n) is 6.73. The largest absolute Gasteiger partial charge is 0.469 e. The van der Waals surface area contributed by atoms with Crippen molar-refractivity contribution in [2.24, 2.45) is 4.99 Å². The molecule has 1 saturated heterocycles. The van der Waals surface area contributed by atoms with Gasteiger partial charge in [-0.3, -0.25) is 4.99 Å². The Morgan fingerprint density at radius 2 is 1.71 bits per heavy atom. The molecule has 1 aromatic carbocycles. The predicted octanol–water partition coefficient (Wildman–Crippen LogP) is 3.37. The number of rotatable bonds is 9. The van der Waals surface area contributed by atoms with Gasteiger partial charge in [0.2, 0.25) is 0 Å². The summed E-state index contributed by atoms with van der Waals surface area (Å²) in [7, 11) is 0. The smallest absolute Gasteiger partial charge is 0.191 e. The second-order valence-corrected chi connectivity index (χ2v) is 6.73. The third-order valence-electron chi connectivity index (χ3n) is 4.53. The first-order valence-electron chi connectivity index (χ1n) is 9.60. The Morgan fingerprint density at radius 1 is 1.00 bits per heavy atom. The topological polar surface area (TPSA) is 68.0 Å². The van der Waals surface area contributed by atoms with Crippen LogP contribution in [0.4, 0.5) is 0 Å². The van der Waals surface area contributed by atoms with Crippen LogP contribution in [-0.4, -0.2) is 44.6 Å². The summed E-state index contributed by atoms with van der Waals surface area (Å²) in [6.45, 7) is 5.50. The van der Waals surface area contributed by atoms with E-state index in [2.05, 4.69) is 39.9 Å². The molecule has 0 bridgehead atoms. The van der Waals surface area contributed by atoms with Gasteiger partial charge in [-0.05, 0) is 31.0 Å². The van der Waals surface area contributed by atoms with Crippen LogP contribution < -0.4 is 10.6 Å². The van der Waals surface area contributed by atoms with Gasteiger partial charge in [-0.1, -0.05) is 30.3 Å². The number of nitrogens with zero attached hydrogens (tertiary/aromatic N) is 1. The molecular formula is C21H30IN3O3. The number of guanidine groups is 1.